The van der Waals surface area contributed by atoms with Gasteiger partial charge in [-0.05, 0) is 30.2 Å². The molecule has 0 radical (unpaired) electrons. The van der Waals surface area contributed by atoms with E-state index in [2.05, 4.69) is 41.4 Å². The number of piperazine rings is 1. The van der Waals surface area contributed by atoms with E-state index < -0.39 is 0 Å². The second-order valence-electron chi connectivity index (χ2n) is 6.35. The first kappa shape index (κ1) is 19.6. The minimum atomic E-state index is 0. The van der Waals surface area contributed by atoms with Crippen LogP contribution in [0.1, 0.15) is 18.1 Å². The normalized spacial score (nSPS) is 17.6. The van der Waals surface area contributed by atoms with Gasteiger partial charge in [-0.15, -0.1) is 12.4 Å². The Hall–Kier alpha value is -1.75. The van der Waals surface area contributed by atoms with E-state index in [-0.39, 0.29) is 12.4 Å². The standard InChI is InChI=1S/C20H26N2O2.ClH/c1-16-13-22(11-10-21-16)14-18-8-9-19(23-2)20(12-18)24-15-17-6-4-3-5-7-17;/h3-9,12,16,21H,10-11,13-15H2,1-2H3;1H/t16-;/m0./s1. The highest BCUT2D eigenvalue weighted by Crippen LogP contribution is 2.29. The molecule has 1 aliphatic heterocycles. The summed E-state index contributed by atoms with van der Waals surface area (Å²) in [4.78, 5) is 2.48. The predicted octanol–water partition coefficient (Wildman–Crippen LogP) is 3.49. The molecular weight excluding hydrogens is 336 g/mol. The van der Waals surface area contributed by atoms with Gasteiger partial charge in [-0.3, -0.25) is 4.90 Å². The number of nitrogens with one attached hydrogen (secondary N) is 1. The summed E-state index contributed by atoms with van der Waals surface area (Å²) in [5.74, 6) is 1.59. The van der Waals surface area contributed by atoms with Gasteiger partial charge < -0.3 is 14.8 Å². The third kappa shape index (κ3) is 5.63. The molecule has 3 rings (SSSR count). The van der Waals surface area contributed by atoms with Gasteiger partial charge in [-0.2, -0.15) is 0 Å². The molecule has 1 saturated heterocycles. The van der Waals surface area contributed by atoms with Crippen molar-refractivity contribution in [3.63, 3.8) is 0 Å². The van der Waals surface area contributed by atoms with Crippen LogP contribution < -0.4 is 14.8 Å². The second-order valence-corrected chi connectivity index (χ2v) is 6.35. The molecule has 0 aromatic heterocycles. The molecule has 0 saturated carbocycles. The average Bonchev–Trinajstić information content (AvgIpc) is 2.61. The lowest BCUT2D eigenvalue weighted by atomic mass is 10.1. The lowest BCUT2D eigenvalue weighted by Crippen LogP contribution is -2.48. The highest BCUT2D eigenvalue weighted by molar-refractivity contribution is 5.85. The van der Waals surface area contributed by atoms with Gasteiger partial charge in [0.25, 0.3) is 0 Å². The second kappa shape index (κ2) is 9.66. The smallest absolute Gasteiger partial charge is 0.161 e. The monoisotopic (exact) mass is 362 g/mol. The van der Waals surface area contributed by atoms with Gasteiger partial charge in [0.05, 0.1) is 7.11 Å². The minimum Gasteiger partial charge on any atom is -0.493 e. The van der Waals surface area contributed by atoms with Crippen LogP contribution >= 0.6 is 12.4 Å². The van der Waals surface area contributed by atoms with Crippen LogP contribution in [0.15, 0.2) is 48.5 Å². The maximum Gasteiger partial charge on any atom is 0.161 e. The van der Waals surface area contributed by atoms with Crippen LogP contribution in [0.3, 0.4) is 0 Å². The molecule has 0 spiro atoms. The Balaban J connectivity index is 0.00000225. The van der Waals surface area contributed by atoms with Crippen LogP contribution in [-0.4, -0.2) is 37.7 Å². The fourth-order valence-corrected chi connectivity index (χ4v) is 3.08. The summed E-state index contributed by atoms with van der Waals surface area (Å²) < 4.78 is 11.5. The van der Waals surface area contributed by atoms with Crippen molar-refractivity contribution in [2.75, 3.05) is 26.7 Å². The first-order valence-corrected chi connectivity index (χ1v) is 8.54. The van der Waals surface area contributed by atoms with Crippen molar-refractivity contribution < 1.29 is 9.47 Å². The Bertz CT molecular complexity index is 651. The number of methoxy groups -OCH3 is 1. The van der Waals surface area contributed by atoms with Crippen molar-refractivity contribution >= 4 is 12.4 Å². The molecule has 0 aliphatic carbocycles. The van der Waals surface area contributed by atoms with Crippen molar-refractivity contribution in [3.05, 3.63) is 59.7 Å². The molecule has 5 heteroatoms. The molecule has 2 aromatic carbocycles. The third-order valence-corrected chi connectivity index (χ3v) is 4.32. The van der Waals surface area contributed by atoms with Crippen molar-refractivity contribution in [1.29, 1.82) is 0 Å². The van der Waals surface area contributed by atoms with E-state index in [1.165, 1.54) is 5.56 Å². The summed E-state index contributed by atoms with van der Waals surface area (Å²) in [6, 6.07) is 17.0. The zero-order valence-corrected chi connectivity index (χ0v) is 15.7. The van der Waals surface area contributed by atoms with Gasteiger partial charge in [-0.25, -0.2) is 0 Å². The molecule has 2 aromatic rings. The lowest BCUT2D eigenvalue weighted by Gasteiger charge is -2.31. The minimum absolute atomic E-state index is 0. The fraction of sp³-hybridized carbons (Fsp3) is 0.400. The average molecular weight is 363 g/mol. The van der Waals surface area contributed by atoms with Gasteiger partial charge in [0.2, 0.25) is 0 Å². The van der Waals surface area contributed by atoms with E-state index in [1.807, 2.05) is 24.3 Å². The maximum absolute atomic E-state index is 6.01. The Morgan fingerprint density at radius 2 is 1.88 bits per heavy atom. The van der Waals surface area contributed by atoms with Crippen LogP contribution in [0, 0.1) is 0 Å². The topological polar surface area (TPSA) is 33.7 Å². The molecule has 1 fully saturated rings. The Morgan fingerprint density at radius 1 is 1.08 bits per heavy atom. The van der Waals surface area contributed by atoms with E-state index in [0.717, 1.165) is 43.2 Å². The van der Waals surface area contributed by atoms with Gasteiger partial charge in [0.15, 0.2) is 11.5 Å². The van der Waals surface area contributed by atoms with Gasteiger partial charge in [0.1, 0.15) is 6.61 Å². The summed E-state index contributed by atoms with van der Waals surface area (Å²) in [6.45, 7) is 6.93. The number of hydrogen-bond donors (Lipinski definition) is 1. The molecule has 25 heavy (non-hydrogen) atoms. The van der Waals surface area contributed by atoms with E-state index in [1.54, 1.807) is 7.11 Å². The third-order valence-electron chi connectivity index (χ3n) is 4.32. The molecule has 0 unspecified atom stereocenters. The largest absolute Gasteiger partial charge is 0.493 e. The first-order valence-electron chi connectivity index (χ1n) is 8.54. The van der Waals surface area contributed by atoms with Crippen molar-refractivity contribution in [2.24, 2.45) is 0 Å². The number of ether oxygens (including phenoxy) is 2. The zero-order chi connectivity index (χ0) is 16.8. The van der Waals surface area contributed by atoms with Gasteiger partial charge in [0, 0.05) is 32.2 Å². The Labute approximate surface area is 156 Å². The lowest BCUT2D eigenvalue weighted by molar-refractivity contribution is 0.199. The van der Waals surface area contributed by atoms with Crippen LogP contribution in [0.4, 0.5) is 0 Å². The molecule has 1 heterocycles. The van der Waals surface area contributed by atoms with Crippen LogP contribution in [0.2, 0.25) is 0 Å². The summed E-state index contributed by atoms with van der Waals surface area (Å²) in [5.41, 5.74) is 2.41. The Morgan fingerprint density at radius 3 is 2.60 bits per heavy atom. The molecule has 1 aliphatic rings. The summed E-state index contributed by atoms with van der Waals surface area (Å²) >= 11 is 0. The van der Waals surface area contributed by atoms with Crippen molar-refractivity contribution in [2.45, 2.75) is 26.1 Å². The van der Waals surface area contributed by atoms with Crippen molar-refractivity contribution in [1.82, 2.24) is 10.2 Å². The molecule has 136 valence electrons. The molecular formula is C20H27ClN2O2. The predicted molar refractivity (Wildman–Crippen MR) is 104 cm³/mol. The summed E-state index contributed by atoms with van der Waals surface area (Å²) in [5, 5.41) is 3.48. The number of hydrogen-bond acceptors (Lipinski definition) is 4. The highest BCUT2D eigenvalue weighted by Gasteiger charge is 2.16. The summed E-state index contributed by atoms with van der Waals surface area (Å²) in [7, 11) is 1.68. The van der Waals surface area contributed by atoms with Gasteiger partial charge in [-0.1, -0.05) is 36.4 Å². The molecule has 1 N–H and O–H groups in total. The summed E-state index contributed by atoms with van der Waals surface area (Å²) in [6.07, 6.45) is 0. The van der Waals surface area contributed by atoms with Crippen LogP contribution in [0.5, 0.6) is 11.5 Å². The number of halogens is 1. The molecule has 0 bridgehead atoms. The molecule has 1 atom stereocenters. The maximum atomic E-state index is 6.01. The van der Waals surface area contributed by atoms with Crippen LogP contribution in [0.25, 0.3) is 0 Å². The van der Waals surface area contributed by atoms with E-state index in [4.69, 9.17) is 9.47 Å². The van der Waals surface area contributed by atoms with E-state index in [0.29, 0.717) is 12.6 Å². The fourth-order valence-electron chi connectivity index (χ4n) is 3.08. The van der Waals surface area contributed by atoms with E-state index >= 15 is 0 Å². The van der Waals surface area contributed by atoms with E-state index in [9.17, 15) is 0 Å². The number of benzene rings is 2. The number of nitrogens with zero attached hydrogens (tertiary/aromatic N) is 1. The van der Waals surface area contributed by atoms with Crippen LogP contribution in [-0.2, 0) is 13.2 Å². The molecule has 4 nitrogen and oxygen atoms in total. The SMILES string of the molecule is COc1ccc(CN2CCN[C@@H](C)C2)cc1OCc1ccccc1.Cl. The van der Waals surface area contributed by atoms with Crippen molar-refractivity contribution in [3.8, 4) is 11.5 Å². The Kier molecular flexibility index (Phi) is 7.56. The first-order chi connectivity index (χ1) is 11.7. The zero-order valence-electron chi connectivity index (χ0n) is 14.9. The molecule has 0 amide bonds. The van der Waals surface area contributed by atoms with Gasteiger partial charge >= 0.3 is 0 Å². The quantitative estimate of drug-likeness (QED) is 0.852. The number of rotatable bonds is 6. The highest BCUT2D eigenvalue weighted by atomic mass is 35.5.